The molecule has 1 N–H and O–H groups in total. The zero-order valence-corrected chi connectivity index (χ0v) is 18.9. The Morgan fingerprint density at radius 2 is 2.03 bits per heavy atom. The van der Waals surface area contributed by atoms with Crippen molar-refractivity contribution in [2.75, 3.05) is 19.0 Å². The van der Waals surface area contributed by atoms with Crippen LogP contribution in [0.4, 0.5) is 5.69 Å². The van der Waals surface area contributed by atoms with Crippen LogP contribution in [-0.2, 0) is 11.4 Å². The normalized spacial score (nSPS) is 15.2. The molecule has 8 heteroatoms. The van der Waals surface area contributed by atoms with Crippen molar-refractivity contribution in [2.45, 2.75) is 25.5 Å². The minimum atomic E-state index is -0.584. The van der Waals surface area contributed by atoms with E-state index >= 15 is 0 Å². The smallest absolute Gasteiger partial charge is 0.258 e. The molecule has 170 valence electrons. The molecule has 1 aromatic heterocycles. The van der Waals surface area contributed by atoms with Crippen LogP contribution in [0, 0.1) is 0 Å². The first kappa shape index (κ1) is 22.6. The first-order chi connectivity index (χ1) is 16.0. The molecule has 1 atom stereocenters. The third-order valence-corrected chi connectivity index (χ3v) is 5.66. The largest absolute Gasteiger partial charge is 0.496 e. The summed E-state index contributed by atoms with van der Waals surface area (Å²) in [6.07, 6.45) is 3.03. The van der Waals surface area contributed by atoms with Gasteiger partial charge in [-0.15, -0.1) is 0 Å². The van der Waals surface area contributed by atoms with E-state index in [-0.39, 0.29) is 11.8 Å². The van der Waals surface area contributed by atoms with E-state index in [0.29, 0.717) is 47.3 Å². The number of rotatable bonds is 7. The standard InChI is InChI=1S/C25H24ClN3O4/c1-32-23-11-10-17(26)14-21(23)25(31)29-13-5-9-22(29)24(30)28-18-7-4-8-20(15-18)33-16-19-6-2-3-12-27-19/h2-4,6-8,10-12,14-15,22H,5,9,13,16H2,1H3,(H,28,30)/t22-/m1/s1. The Balaban J connectivity index is 1.44. The number of halogens is 1. The van der Waals surface area contributed by atoms with Crippen LogP contribution < -0.4 is 14.8 Å². The molecule has 7 nitrogen and oxygen atoms in total. The van der Waals surface area contributed by atoms with Crippen molar-refractivity contribution in [3.8, 4) is 11.5 Å². The molecule has 0 radical (unpaired) electrons. The van der Waals surface area contributed by atoms with Crippen molar-refractivity contribution in [1.82, 2.24) is 9.88 Å². The van der Waals surface area contributed by atoms with E-state index in [1.807, 2.05) is 24.3 Å². The molecule has 2 aromatic carbocycles. The highest BCUT2D eigenvalue weighted by Crippen LogP contribution is 2.28. The van der Waals surface area contributed by atoms with E-state index in [1.165, 1.54) is 7.11 Å². The van der Waals surface area contributed by atoms with E-state index in [0.717, 1.165) is 12.1 Å². The average molecular weight is 466 g/mol. The number of benzene rings is 2. The Morgan fingerprint density at radius 1 is 1.15 bits per heavy atom. The molecule has 0 unspecified atom stereocenters. The highest BCUT2D eigenvalue weighted by Gasteiger charge is 2.35. The van der Waals surface area contributed by atoms with E-state index in [1.54, 1.807) is 47.5 Å². The zero-order valence-electron chi connectivity index (χ0n) is 18.2. The van der Waals surface area contributed by atoms with E-state index in [4.69, 9.17) is 21.1 Å². The van der Waals surface area contributed by atoms with Crippen molar-refractivity contribution >= 4 is 29.1 Å². The number of methoxy groups -OCH3 is 1. The van der Waals surface area contributed by atoms with Crippen molar-refractivity contribution in [1.29, 1.82) is 0 Å². The number of nitrogens with one attached hydrogen (secondary N) is 1. The number of hydrogen-bond donors (Lipinski definition) is 1. The first-order valence-electron chi connectivity index (χ1n) is 10.6. The summed E-state index contributed by atoms with van der Waals surface area (Å²) >= 11 is 6.09. The first-order valence-corrected chi connectivity index (χ1v) is 11.0. The third-order valence-electron chi connectivity index (χ3n) is 5.42. The fourth-order valence-corrected chi connectivity index (χ4v) is 3.99. The number of aromatic nitrogens is 1. The van der Waals surface area contributed by atoms with Gasteiger partial charge in [0.05, 0.1) is 18.4 Å². The van der Waals surface area contributed by atoms with Gasteiger partial charge in [-0.05, 0) is 55.3 Å². The lowest BCUT2D eigenvalue weighted by molar-refractivity contribution is -0.119. The number of amides is 2. The Hall–Kier alpha value is -3.58. The van der Waals surface area contributed by atoms with Crippen molar-refractivity contribution < 1.29 is 19.1 Å². The molecule has 0 spiro atoms. The van der Waals surface area contributed by atoms with Gasteiger partial charge in [0.1, 0.15) is 24.1 Å². The maximum Gasteiger partial charge on any atom is 0.258 e. The van der Waals surface area contributed by atoms with Crippen LogP contribution in [0.2, 0.25) is 5.02 Å². The van der Waals surface area contributed by atoms with Gasteiger partial charge in [0, 0.05) is 29.5 Å². The molecule has 1 fully saturated rings. The maximum atomic E-state index is 13.2. The maximum absolute atomic E-state index is 13.2. The fourth-order valence-electron chi connectivity index (χ4n) is 3.81. The van der Waals surface area contributed by atoms with Crippen molar-refractivity contribution in [3.63, 3.8) is 0 Å². The number of carbonyl (C=O) groups excluding carboxylic acids is 2. The number of pyridine rings is 1. The van der Waals surface area contributed by atoms with Crippen LogP contribution in [0.25, 0.3) is 0 Å². The van der Waals surface area contributed by atoms with Gasteiger partial charge in [-0.25, -0.2) is 0 Å². The lowest BCUT2D eigenvalue weighted by Crippen LogP contribution is -2.43. The molecule has 33 heavy (non-hydrogen) atoms. The van der Waals surface area contributed by atoms with Gasteiger partial charge in [0.2, 0.25) is 5.91 Å². The Labute approximate surface area is 197 Å². The lowest BCUT2D eigenvalue weighted by Gasteiger charge is -2.25. The predicted octanol–water partition coefficient (Wildman–Crippen LogP) is 4.57. The molecule has 3 aromatic rings. The third kappa shape index (κ3) is 5.43. The monoisotopic (exact) mass is 465 g/mol. The minimum absolute atomic E-state index is 0.247. The molecule has 1 aliphatic heterocycles. The quantitative estimate of drug-likeness (QED) is 0.553. The SMILES string of the molecule is COc1ccc(Cl)cc1C(=O)N1CCC[C@@H]1C(=O)Nc1cccc(OCc2ccccn2)c1. The van der Waals surface area contributed by atoms with Crippen molar-refractivity contribution in [2.24, 2.45) is 0 Å². The highest BCUT2D eigenvalue weighted by atomic mass is 35.5. The summed E-state index contributed by atoms with van der Waals surface area (Å²) in [7, 11) is 1.50. The topological polar surface area (TPSA) is 80.8 Å². The van der Waals surface area contributed by atoms with Crippen LogP contribution in [0.1, 0.15) is 28.9 Å². The van der Waals surface area contributed by atoms with Crippen molar-refractivity contribution in [3.05, 3.63) is 83.1 Å². The van der Waals surface area contributed by atoms with E-state index in [2.05, 4.69) is 10.3 Å². The summed E-state index contributed by atoms with van der Waals surface area (Å²) in [4.78, 5) is 32.1. The van der Waals surface area contributed by atoms with Gasteiger partial charge < -0.3 is 19.7 Å². The summed E-state index contributed by atoms with van der Waals surface area (Å²) in [5.74, 6) is 0.512. The summed E-state index contributed by atoms with van der Waals surface area (Å²) in [5.41, 5.74) is 1.75. The van der Waals surface area contributed by atoms with Gasteiger partial charge in [0.25, 0.3) is 5.91 Å². The average Bonchev–Trinajstić information content (AvgIpc) is 3.33. The van der Waals surface area contributed by atoms with Gasteiger partial charge in [0.15, 0.2) is 0 Å². The van der Waals surface area contributed by atoms with Crippen LogP contribution in [0.5, 0.6) is 11.5 Å². The van der Waals surface area contributed by atoms with Crippen LogP contribution in [-0.4, -0.2) is 41.4 Å². The number of nitrogens with zero attached hydrogens (tertiary/aromatic N) is 2. The minimum Gasteiger partial charge on any atom is -0.496 e. The lowest BCUT2D eigenvalue weighted by atomic mass is 10.1. The molecule has 4 rings (SSSR count). The molecule has 0 saturated carbocycles. The predicted molar refractivity (Wildman–Crippen MR) is 126 cm³/mol. The Morgan fingerprint density at radius 3 is 2.82 bits per heavy atom. The van der Waals surface area contributed by atoms with Gasteiger partial charge >= 0.3 is 0 Å². The second-order valence-electron chi connectivity index (χ2n) is 7.63. The number of likely N-dealkylation sites (tertiary alicyclic amines) is 1. The summed E-state index contributed by atoms with van der Waals surface area (Å²) < 4.78 is 11.1. The molecule has 0 bridgehead atoms. The highest BCUT2D eigenvalue weighted by molar-refractivity contribution is 6.31. The second kappa shape index (κ2) is 10.4. The molecular weight excluding hydrogens is 442 g/mol. The second-order valence-corrected chi connectivity index (χ2v) is 8.06. The van der Waals surface area contributed by atoms with Gasteiger partial charge in [-0.3, -0.25) is 14.6 Å². The number of anilines is 1. The van der Waals surface area contributed by atoms with Crippen LogP contribution in [0.3, 0.4) is 0 Å². The Kier molecular flexibility index (Phi) is 7.10. The molecule has 2 heterocycles. The molecule has 1 saturated heterocycles. The molecule has 0 aliphatic carbocycles. The van der Waals surface area contributed by atoms with E-state index in [9.17, 15) is 9.59 Å². The zero-order chi connectivity index (χ0) is 23.2. The number of ether oxygens (including phenoxy) is 2. The molecule has 1 aliphatic rings. The van der Waals surface area contributed by atoms with Gasteiger partial charge in [-0.1, -0.05) is 23.7 Å². The fraction of sp³-hybridized carbons (Fsp3) is 0.240. The number of carbonyl (C=O) groups is 2. The summed E-state index contributed by atoms with van der Waals surface area (Å²) in [5, 5.41) is 3.35. The summed E-state index contributed by atoms with van der Waals surface area (Å²) in [6, 6.07) is 17.1. The molecular formula is C25H24ClN3O4. The molecule has 2 amide bonds. The van der Waals surface area contributed by atoms with E-state index < -0.39 is 6.04 Å². The Bertz CT molecular complexity index is 1140. The van der Waals surface area contributed by atoms with Gasteiger partial charge in [-0.2, -0.15) is 0 Å². The summed E-state index contributed by atoms with van der Waals surface area (Å²) in [6.45, 7) is 0.810. The van der Waals surface area contributed by atoms with Crippen LogP contribution >= 0.6 is 11.6 Å². The number of hydrogen-bond acceptors (Lipinski definition) is 5. The van der Waals surface area contributed by atoms with Crippen LogP contribution in [0.15, 0.2) is 66.9 Å².